The Bertz CT molecular complexity index is 1150. The lowest BCUT2D eigenvalue weighted by Crippen LogP contribution is -1.93. The third kappa shape index (κ3) is 6.00. The Hall–Kier alpha value is -4.02. The van der Waals surface area contributed by atoms with E-state index in [2.05, 4.69) is 19.9 Å². The minimum Gasteiger partial charge on any atom is -0.258 e. The van der Waals surface area contributed by atoms with E-state index in [0.29, 0.717) is 21.7 Å². The van der Waals surface area contributed by atoms with Crippen LogP contribution < -0.4 is 0 Å². The van der Waals surface area contributed by atoms with Crippen LogP contribution in [0.5, 0.6) is 0 Å². The highest BCUT2D eigenvalue weighted by molar-refractivity contribution is 6.31. The molecule has 2 heterocycles. The van der Waals surface area contributed by atoms with Gasteiger partial charge in [0.15, 0.2) is 11.6 Å². The third-order valence-electron chi connectivity index (χ3n) is 3.86. The van der Waals surface area contributed by atoms with Gasteiger partial charge in [-0.25, -0.2) is 19.9 Å². The van der Waals surface area contributed by atoms with Crippen LogP contribution >= 0.6 is 23.2 Å². The molecule has 0 spiro atoms. The van der Waals surface area contributed by atoms with Crippen molar-refractivity contribution in [2.75, 3.05) is 0 Å². The second-order valence-electron chi connectivity index (χ2n) is 6.06. The van der Waals surface area contributed by atoms with Crippen molar-refractivity contribution < 1.29 is 9.85 Å². The van der Waals surface area contributed by atoms with Gasteiger partial charge in [0.05, 0.1) is 9.85 Å². The number of benzene rings is 2. The van der Waals surface area contributed by atoms with Crippen LogP contribution in [-0.2, 0) is 0 Å². The van der Waals surface area contributed by atoms with Crippen LogP contribution in [0.25, 0.3) is 22.8 Å². The van der Waals surface area contributed by atoms with Gasteiger partial charge in [-0.1, -0.05) is 47.5 Å². The maximum atomic E-state index is 10.4. The normalized spacial score (nSPS) is 10.1. The molecule has 4 rings (SSSR count). The maximum absolute atomic E-state index is 10.4. The molecule has 4 aromatic rings. The third-order valence-corrected chi connectivity index (χ3v) is 4.33. The van der Waals surface area contributed by atoms with Crippen LogP contribution in [0.2, 0.25) is 10.0 Å². The minimum absolute atomic E-state index is 0.134. The molecule has 2 aromatic carbocycles. The summed E-state index contributed by atoms with van der Waals surface area (Å²) in [5, 5.41) is 22.0. The number of nitrogens with zero attached hydrogens (tertiary/aromatic N) is 6. The molecule has 0 saturated carbocycles. The molecule has 0 radical (unpaired) electrons. The summed E-state index contributed by atoms with van der Waals surface area (Å²) in [5.74, 6) is 0.821. The predicted molar refractivity (Wildman–Crippen MR) is 118 cm³/mol. The molecule has 0 amide bonds. The molecule has 0 aliphatic rings. The van der Waals surface area contributed by atoms with Crippen LogP contribution in [0.3, 0.4) is 0 Å². The Labute approximate surface area is 190 Å². The molecule has 0 atom stereocenters. The summed E-state index contributed by atoms with van der Waals surface area (Å²) in [4.78, 5) is 35.3. The molecule has 0 aliphatic carbocycles. The number of nitro groups is 2. The zero-order chi connectivity index (χ0) is 23.1. The van der Waals surface area contributed by atoms with Gasteiger partial charge in [-0.2, -0.15) is 0 Å². The fraction of sp³-hybridized carbons (Fsp3) is 0. The van der Waals surface area contributed by atoms with E-state index in [0.717, 1.165) is 11.1 Å². The first kappa shape index (κ1) is 22.7. The second kappa shape index (κ2) is 10.3. The van der Waals surface area contributed by atoms with Crippen molar-refractivity contribution in [1.82, 2.24) is 19.9 Å². The van der Waals surface area contributed by atoms with E-state index in [1.165, 1.54) is 24.8 Å². The molecule has 0 fully saturated rings. The summed E-state index contributed by atoms with van der Waals surface area (Å²) in [6, 6.07) is 14.0. The average Bonchev–Trinajstić information content (AvgIpc) is 2.80. The predicted octanol–water partition coefficient (Wildman–Crippen LogP) is 5.41. The maximum Gasteiger partial charge on any atom is 0.305 e. The van der Waals surface area contributed by atoms with Gasteiger partial charge in [-0.3, -0.25) is 20.2 Å². The van der Waals surface area contributed by atoms with Crippen molar-refractivity contribution in [3.63, 3.8) is 0 Å². The molecule has 32 heavy (non-hydrogen) atoms. The quantitative estimate of drug-likeness (QED) is 0.284. The van der Waals surface area contributed by atoms with Crippen molar-refractivity contribution in [1.29, 1.82) is 0 Å². The topological polar surface area (TPSA) is 138 Å². The van der Waals surface area contributed by atoms with Gasteiger partial charge in [0.25, 0.3) is 0 Å². The van der Waals surface area contributed by atoms with Gasteiger partial charge in [-0.15, -0.1) is 0 Å². The van der Waals surface area contributed by atoms with Crippen molar-refractivity contribution >= 4 is 34.6 Å². The molecule has 0 aliphatic heterocycles. The van der Waals surface area contributed by atoms with Crippen molar-refractivity contribution in [2.45, 2.75) is 0 Å². The molecule has 2 aromatic heterocycles. The smallest absolute Gasteiger partial charge is 0.258 e. The van der Waals surface area contributed by atoms with Gasteiger partial charge in [0.1, 0.15) is 24.8 Å². The van der Waals surface area contributed by atoms with E-state index in [9.17, 15) is 20.2 Å². The first-order valence-electron chi connectivity index (χ1n) is 8.78. The van der Waals surface area contributed by atoms with Gasteiger partial charge in [-0.05, 0) is 24.3 Å². The fourth-order valence-electron chi connectivity index (χ4n) is 2.38. The average molecular weight is 471 g/mol. The lowest BCUT2D eigenvalue weighted by Gasteiger charge is -1.99. The zero-order valence-corrected chi connectivity index (χ0v) is 17.5. The van der Waals surface area contributed by atoms with Crippen LogP contribution in [0.15, 0.2) is 73.3 Å². The van der Waals surface area contributed by atoms with E-state index < -0.39 is 9.85 Å². The molecule has 0 bridgehead atoms. The van der Waals surface area contributed by atoms with Crippen molar-refractivity contribution in [3.05, 3.63) is 104 Å². The highest BCUT2D eigenvalue weighted by Crippen LogP contribution is 2.21. The minimum atomic E-state index is -0.540. The van der Waals surface area contributed by atoms with Crippen molar-refractivity contribution in [3.8, 4) is 22.8 Å². The standard InChI is InChI=1S/2C10H6ClN3O2/c2*11-8-3-1-2-7(4-8)10-12-5-9(6-13-10)14(15)16/h2*1-6H. The number of aromatic nitrogens is 4. The Kier molecular flexibility index (Phi) is 7.32. The largest absolute Gasteiger partial charge is 0.305 e. The molecule has 10 nitrogen and oxygen atoms in total. The highest BCUT2D eigenvalue weighted by atomic mass is 35.5. The molecule has 12 heteroatoms. The summed E-state index contributed by atoms with van der Waals surface area (Å²) < 4.78 is 0. The first-order valence-corrected chi connectivity index (χ1v) is 9.54. The second-order valence-corrected chi connectivity index (χ2v) is 6.94. The van der Waals surface area contributed by atoms with Gasteiger partial charge in [0, 0.05) is 21.2 Å². The van der Waals surface area contributed by atoms with Crippen molar-refractivity contribution in [2.24, 2.45) is 0 Å². The molecule has 0 saturated heterocycles. The van der Waals surface area contributed by atoms with E-state index in [-0.39, 0.29) is 11.4 Å². The van der Waals surface area contributed by atoms with Gasteiger partial charge >= 0.3 is 11.4 Å². The number of rotatable bonds is 4. The Morgan fingerprint density at radius 1 is 0.625 bits per heavy atom. The summed E-state index contributed by atoms with van der Waals surface area (Å²) in [7, 11) is 0. The summed E-state index contributed by atoms with van der Waals surface area (Å²) in [5.41, 5.74) is 1.18. The van der Waals surface area contributed by atoms with Gasteiger partial charge in [0.2, 0.25) is 0 Å². The van der Waals surface area contributed by atoms with Crippen LogP contribution in [0.4, 0.5) is 11.4 Å². The van der Waals surface area contributed by atoms with Crippen LogP contribution in [-0.4, -0.2) is 29.8 Å². The van der Waals surface area contributed by atoms with Crippen LogP contribution in [0.1, 0.15) is 0 Å². The summed E-state index contributed by atoms with van der Waals surface area (Å²) >= 11 is 11.6. The zero-order valence-electron chi connectivity index (χ0n) is 16.0. The summed E-state index contributed by atoms with van der Waals surface area (Å²) in [6.07, 6.45) is 4.68. The van der Waals surface area contributed by atoms with E-state index >= 15 is 0 Å². The first-order chi connectivity index (χ1) is 15.3. The molecule has 0 N–H and O–H groups in total. The Balaban J connectivity index is 0.000000181. The highest BCUT2D eigenvalue weighted by Gasteiger charge is 2.09. The SMILES string of the molecule is O=[N+]([O-])c1cnc(-c2cccc(Cl)c2)nc1.O=[N+]([O-])c1cnc(-c2cccc(Cl)c2)nc1. The van der Waals surface area contributed by atoms with Gasteiger partial charge < -0.3 is 0 Å². The Morgan fingerprint density at radius 3 is 1.25 bits per heavy atom. The molecule has 0 unspecified atom stereocenters. The fourth-order valence-corrected chi connectivity index (χ4v) is 2.76. The lowest BCUT2D eigenvalue weighted by molar-refractivity contribution is -0.385. The summed E-state index contributed by atoms with van der Waals surface area (Å²) in [6.45, 7) is 0. The van der Waals surface area contributed by atoms with E-state index in [1.807, 2.05) is 0 Å². The number of halogens is 2. The van der Waals surface area contributed by atoms with Crippen LogP contribution in [0, 0.1) is 20.2 Å². The monoisotopic (exact) mass is 470 g/mol. The molecular formula is C20H12Cl2N6O4. The number of hydrogen-bond donors (Lipinski definition) is 0. The van der Waals surface area contributed by atoms with E-state index in [4.69, 9.17) is 23.2 Å². The molecular weight excluding hydrogens is 459 g/mol. The molecule has 160 valence electrons. The Morgan fingerprint density at radius 2 is 0.969 bits per heavy atom. The number of hydrogen-bond acceptors (Lipinski definition) is 8. The lowest BCUT2D eigenvalue weighted by atomic mass is 10.2. The van der Waals surface area contributed by atoms with E-state index in [1.54, 1.807) is 48.5 Å².